The maximum Gasteiger partial charge on any atom is 0.251 e. The number of nitrogens with zero attached hydrogens (tertiary/aromatic N) is 2. The Bertz CT molecular complexity index is 1790. The van der Waals surface area contributed by atoms with Gasteiger partial charge in [-0.05, 0) is 78.9 Å². The summed E-state index contributed by atoms with van der Waals surface area (Å²) in [5, 5.41) is 5.37. The molecule has 39 heavy (non-hydrogen) atoms. The molecule has 0 aliphatic heterocycles. The fourth-order valence-electron chi connectivity index (χ4n) is 5.46. The van der Waals surface area contributed by atoms with Crippen molar-refractivity contribution >= 4 is 27.7 Å². The fraction of sp³-hybridized carbons (Fsp3) is 0.143. The highest BCUT2D eigenvalue weighted by molar-refractivity contribution is 5.99. The number of aromatic nitrogens is 2. The Kier molecular flexibility index (Phi) is 6.45. The predicted octanol–water partition coefficient (Wildman–Crippen LogP) is 8.01. The van der Waals surface area contributed by atoms with Crippen LogP contribution in [-0.2, 0) is 6.54 Å². The molecule has 0 saturated heterocycles. The Balaban J connectivity index is 1.24. The fourth-order valence-corrected chi connectivity index (χ4v) is 5.46. The molecule has 0 bridgehead atoms. The molecule has 0 spiro atoms. The normalized spacial score (nSPS) is 12.1. The van der Waals surface area contributed by atoms with E-state index < -0.39 is 0 Å². The first-order valence-corrected chi connectivity index (χ1v) is 13.4. The Morgan fingerprint density at radius 2 is 1.54 bits per heavy atom. The molecule has 4 heteroatoms. The Hall–Kier alpha value is -4.70. The summed E-state index contributed by atoms with van der Waals surface area (Å²) in [4.78, 5) is 17.8. The molecule has 4 aromatic carbocycles. The summed E-state index contributed by atoms with van der Waals surface area (Å²) in [5.41, 5.74) is 9.90. The van der Waals surface area contributed by atoms with Gasteiger partial charge in [0, 0.05) is 40.3 Å². The van der Waals surface area contributed by atoms with Gasteiger partial charge in [-0.3, -0.25) is 9.78 Å². The predicted molar refractivity (Wildman–Crippen MR) is 160 cm³/mol. The Labute approximate surface area is 229 Å². The second-order valence-corrected chi connectivity index (χ2v) is 10.2. The van der Waals surface area contributed by atoms with Crippen LogP contribution in [0.5, 0.6) is 0 Å². The van der Waals surface area contributed by atoms with Gasteiger partial charge in [0.15, 0.2) is 0 Å². The minimum absolute atomic E-state index is 0.0772. The third kappa shape index (κ3) is 4.70. The third-order valence-corrected chi connectivity index (χ3v) is 7.80. The van der Waals surface area contributed by atoms with E-state index in [0.29, 0.717) is 5.56 Å². The lowest BCUT2D eigenvalue weighted by Crippen LogP contribution is -2.26. The zero-order valence-corrected chi connectivity index (χ0v) is 22.5. The molecule has 0 radical (unpaired) electrons. The SMILES string of the molecule is Cc1c(C)n(Cc2ccc(-c3ccccc3)cc2)c2ccc(C(=O)N[C@@H](C)c3ccnc4ccccc34)cc12. The number of fused-ring (bicyclic) bond motifs is 2. The maximum absolute atomic E-state index is 13.3. The van der Waals surface area contributed by atoms with Gasteiger partial charge in [-0.15, -0.1) is 0 Å². The molecule has 0 aliphatic rings. The summed E-state index contributed by atoms with van der Waals surface area (Å²) >= 11 is 0. The molecule has 0 saturated carbocycles. The Morgan fingerprint density at radius 3 is 2.33 bits per heavy atom. The summed E-state index contributed by atoms with van der Waals surface area (Å²) in [5.74, 6) is -0.0772. The van der Waals surface area contributed by atoms with Crippen LogP contribution in [0.4, 0.5) is 0 Å². The number of amides is 1. The minimum atomic E-state index is -0.146. The molecular formula is C35H31N3O. The molecule has 1 N–H and O–H groups in total. The van der Waals surface area contributed by atoms with Crippen LogP contribution in [-0.4, -0.2) is 15.5 Å². The highest BCUT2D eigenvalue weighted by atomic mass is 16.1. The van der Waals surface area contributed by atoms with Crippen LogP contribution < -0.4 is 5.32 Å². The molecule has 192 valence electrons. The van der Waals surface area contributed by atoms with Gasteiger partial charge in [0.05, 0.1) is 11.6 Å². The standard InChI is InChI=1S/C35H31N3O/c1-23-25(3)38(22-26-13-15-28(16-14-26)27-9-5-4-6-10-27)34-18-17-29(21-32(23)34)35(39)37-24(2)30-19-20-36-33-12-8-7-11-31(30)33/h4-21,24H,22H2,1-3H3,(H,37,39)/t24-/m0/s1. The van der Waals surface area contributed by atoms with Crippen LogP contribution in [0.3, 0.4) is 0 Å². The number of para-hydroxylation sites is 1. The van der Waals surface area contributed by atoms with E-state index in [2.05, 4.69) is 89.4 Å². The largest absolute Gasteiger partial charge is 0.345 e. The van der Waals surface area contributed by atoms with Crippen LogP contribution in [0.2, 0.25) is 0 Å². The molecule has 6 rings (SSSR count). The average molecular weight is 510 g/mol. The number of benzene rings is 4. The van der Waals surface area contributed by atoms with Crippen LogP contribution in [0.1, 0.15) is 45.7 Å². The zero-order valence-electron chi connectivity index (χ0n) is 22.5. The highest BCUT2D eigenvalue weighted by Crippen LogP contribution is 2.29. The number of nitrogens with one attached hydrogen (secondary N) is 1. The van der Waals surface area contributed by atoms with Gasteiger partial charge in [0.2, 0.25) is 0 Å². The van der Waals surface area contributed by atoms with E-state index in [4.69, 9.17) is 0 Å². The number of hydrogen-bond acceptors (Lipinski definition) is 2. The first kappa shape index (κ1) is 24.6. The number of pyridine rings is 1. The van der Waals surface area contributed by atoms with E-state index >= 15 is 0 Å². The number of hydrogen-bond donors (Lipinski definition) is 1. The summed E-state index contributed by atoms with van der Waals surface area (Å²) < 4.78 is 2.34. The molecular weight excluding hydrogens is 478 g/mol. The maximum atomic E-state index is 13.3. The smallest absolute Gasteiger partial charge is 0.251 e. The van der Waals surface area contributed by atoms with E-state index in [1.165, 1.54) is 27.9 Å². The molecule has 1 amide bonds. The highest BCUT2D eigenvalue weighted by Gasteiger charge is 2.17. The van der Waals surface area contributed by atoms with Crippen LogP contribution >= 0.6 is 0 Å². The zero-order chi connectivity index (χ0) is 26.9. The molecule has 0 aliphatic carbocycles. The van der Waals surface area contributed by atoms with E-state index in [1.807, 2.05) is 49.4 Å². The van der Waals surface area contributed by atoms with Crippen molar-refractivity contribution in [1.29, 1.82) is 0 Å². The summed E-state index contributed by atoms with van der Waals surface area (Å²) in [7, 11) is 0. The summed E-state index contributed by atoms with van der Waals surface area (Å²) in [6.45, 7) is 7.10. The quantitative estimate of drug-likeness (QED) is 0.247. The minimum Gasteiger partial charge on any atom is -0.345 e. The number of carbonyl (C=O) groups excluding carboxylic acids is 1. The lowest BCUT2D eigenvalue weighted by molar-refractivity contribution is 0.0940. The van der Waals surface area contributed by atoms with Crippen molar-refractivity contribution < 1.29 is 4.79 Å². The number of aryl methyl sites for hydroxylation is 1. The molecule has 2 aromatic heterocycles. The topological polar surface area (TPSA) is 46.9 Å². The van der Waals surface area contributed by atoms with Gasteiger partial charge >= 0.3 is 0 Å². The van der Waals surface area contributed by atoms with Gasteiger partial charge in [0.1, 0.15) is 0 Å². The van der Waals surface area contributed by atoms with Gasteiger partial charge in [0.25, 0.3) is 5.91 Å². The number of rotatable bonds is 6. The second-order valence-electron chi connectivity index (χ2n) is 10.2. The molecule has 0 fully saturated rings. The van der Waals surface area contributed by atoms with E-state index in [9.17, 15) is 4.79 Å². The lowest BCUT2D eigenvalue weighted by Gasteiger charge is -2.16. The first-order valence-electron chi connectivity index (χ1n) is 13.4. The second kappa shape index (κ2) is 10.2. The van der Waals surface area contributed by atoms with Gasteiger partial charge in [-0.2, -0.15) is 0 Å². The lowest BCUT2D eigenvalue weighted by atomic mass is 10.0. The summed E-state index contributed by atoms with van der Waals surface area (Å²) in [6.07, 6.45) is 1.80. The van der Waals surface area contributed by atoms with Crippen LogP contribution in [0.25, 0.3) is 32.9 Å². The van der Waals surface area contributed by atoms with Crippen LogP contribution in [0.15, 0.2) is 109 Å². The Morgan fingerprint density at radius 1 is 0.821 bits per heavy atom. The summed E-state index contributed by atoms with van der Waals surface area (Å²) in [6, 6.07) is 35.1. The third-order valence-electron chi connectivity index (χ3n) is 7.80. The van der Waals surface area contributed by atoms with E-state index in [-0.39, 0.29) is 11.9 Å². The molecule has 0 unspecified atom stereocenters. The van der Waals surface area contributed by atoms with Gasteiger partial charge in [-0.1, -0.05) is 72.8 Å². The molecule has 2 heterocycles. The number of carbonyl (C=O) groups is 1. The molecule has 1 atom stereocenters. The average Bonchev–Trinajstić information content (AvgIpc) is 3.21. The van der Waals surface area contributed by atoms with Crippen molar-refractivity contribution in [3.8, 4) is 11.1 Å². The van der Waals surface area contributed by atoms with Crippen molar-refractivity contribution in [2.75, 3.05) is 0 Å². The van der Waals surface area contributed by atoms with Crippen molar-refractivity contribution in [3.05, 3.63) is 137 Å². The van der Waals surface area contributed by atoms with Gasteiger partial charge in [-0.25, -0.2) is 0 Å². The molecule has 6 aromatic rings. The van der Waals surface area contributed by atoms with Crippen LogP contribution in [0, 0.1) is 13.8 Å². The van der Waals surface area contributed by atoms with Gasteiger partial charge < -0.3 is 9.88 Å². The molecule has 4 nitrogen and oxygen atoms in total. The van der Waals surface area contributed by atoms with Crippen molar-refractivity contribution in [1.82, 2.24) is 14.9 Å². The first-order chi connectivity index (χ1) is 19.0. The van der Waals surface area contributed by atoms with Crippen molar-refractivity contribution in [2.24, 2.45) is 0 Å². The van der Waals surface area contributed by atoms with E-state index in [1.54, 1.807) is 6.20 Å². The van der Waals surface area contributed by atoms with Crippen molar-refractivity contribution in [3.63, 3.8) is 0 Å². The monoisotopic (exact) mass is 509 g/mol. The van der Waals surface area contributed by atoms with E-state index in [0.717, 1.165) is 33.9 Å². The van der Waals surface area contributed by atoms with Crippen molar-refractivity contribution in [2.45, 2.75) is 33.4 Å².